The number of H-pyrrole nitrogens is 1. The number of rotatable bonds is 6. The first-order valence-corrected chi connectivity index (χ1v) is 11.9. The Kier molecular flexibility index (Phi) is 5.88. The maximum atomic E-state index is 13.8. The molecule has 4 aromatic rings. The van der Waals surface area contributed by atoms with Crippen molar-refractivity contribution >= 4 is 40.0 Å². The van der Waals surface area contributed by atoms with Gasteiger partial charge in [0.1, 0.15) is 6.04 Å². The Balaban J connectivity index is 1.60. The van der Waals surface area contributed by atoms with Gasteiger partial charge >= 0.3 is 0 Å². The molecule has 0 aliphatic carbocycles. The Bertz CT molecular complexity index is 1360. The molecule has 2 atom stereocenters. The summed E-state index contributed by atoms with van der Waals surface area (Å²) in [5.41, 5.74) is 4.20. The molecule has 1 aliphatic heterocycles. The van der Waals surface area contributed by atoms with Crippen LogP contribution >= 0.6 is 11.6 Å². The van der Waals surface area contributed by atoms with E-state index in [4.69, 9.17) is 11.6 Å². The maximum absolute atomic E-state index is 13.8. The lowest BCUT2D eigenvalue weighted by Crippen LogP contribution is -2.47. The quantitative estimate of drug-likeness (QED) is 0.340. The average Bonchev–Trinajstić information content (AvgIpc) is 3.37. The summed E-state index contributed by atoms with van der Waals surface area (Å²) in [5.74, 6) is -0.120. The van der Waals surface area contributed by atoms with Gasteiger partial charge in [-0.15, -0.1) is 0 Å². The first-order valence-electron chi connectivity index (χ1n) is 11.5. The molecule has 0 bridgehead atoms. The molecule has 0 fully saturated rings. The third-order valence-electron chi connectivity index (χ3n) is 6.36. The Hall–Kier alpha value is -3.57. The van der Waals surface area contributed by atoms with Gasteiger partial charge in [-0.1, -0.05) is 61.8 Å². The fourth-order valence-electron chi connectivity index (χ4n) is 4.85. The van der Waals surface area contributed by atoms with Gasteiger partial charge in [0.15, 0.2) is 0 Å². The zero-order chi connectivity index (χ0) is 23.8. The van der Waals surface area contributed by atoms with Crippen LogP contribution in [0.2, 0.25) is 5.02 Å². The summed E-state index contributed by atoms with van der Waals surface area (Å²) in [6.45, 7) is 4.13. The highest BCUT2D eigenvalue weighted by Gasteiger charge is 2.44. The van der Waals surface area contributed by atoms with E-state index >= 15 is 0 Å². The van der Waals surface area contributed by atoms with E-state index in [1.807, 2.05) is 48.7 Å². The molecule has 5 rings (SSSR count). The van der Waals surface area contributed by atoms with Gasteiger partial charge < -0.3 is 15.2 Å². The van der Waals surface area contributed by atoms with E-state index in [1.165, 1.54) is 0 Å². The van der Waals surface area contributed by atoms with Crippen LogP contribution in [0.3, 0.4) is 0 Å². The first-order chi connectivity index (χ1) is 16.4. The number of hydrogen-bond acceptors (Lipinski definition) is 2. The summed E-state index contributed by atoms with van der Waals surface area (Å²) in [7, 11) is 0. The standard InChI is InChI=1S/C28H26ClN3O2/c1-17(2)15-25(27(33)31-19-13-11-18(29)12-14-19)32-26(21-8-3-4-9-22(21)28(32)34)23-16-30-24-10-6-5-7-20(23)24/h3-14,16-17,25-26,30H,15H2,1-2H3,(H,31,33). The predicted molar refractivity (Wildman–Crippen MR) is 136 cm³/mol. The lowest BCUT2D eigenvalue weighted by molar-refractivity contribution is -0.121. The second-order valence-electron chi connectivity index (χ2n) is 9.13. The number of aromatic amines is 1. The van der Waals surface area contributed by atoms with Crippen molar-refractivity contribution in [3.8, 4) is 0 Å². The molecule has 2 amide bonds. The molecule has 2 heterocycles. The number of fused-ring (bicyclic) bond motifs is 2. The zero-order valence-corrected chi connectivity index (χ0v) is 19.8. The van der Waals surface area contributed by atoms with Gasteiger partial charge in [0.25, 0.3) is 5.91 Å². The molecule has 0 spiro atoms. The van der Waals surface area contributed by atoms with Crippen molar-refractivity contribution in [2.75, 3.05) is 5.32 Å². The Morgan fingerprint density at radius 3 is 2.47 bits per heavy atom. The lowest BCUT2D eigenvalue weighted by Gasteiger charge is -2.34. The van der Waals surface area contributed by atoms with Crippen LogP contribution in [0, 0.1) is 5.92 Å². The highest BCUT2D eigenvalue weighted by atomic mass is 35.5. The Morgan fingerprint density at radius 2 is 1.71 bits per heavy atom. The van der Waals surface area contributed by atoms with E-state index < -0.39 is 6.04 Å². The zero-order valence-electron chi connectivity index (χ0n) is 19.1. The van der Waals surface area contributed by atoms with Crippen molar-refractivity contribution in [1.82, 2.24) is 9.88 Å². The van der Waals surface area contributed by atoms with Gasteiger partial charge in [0.2, 0.25) is 5.91 Å². The van der Waals surface area contributed by atoms with Crippen molar-refractivity contribution in [3.63, 3.8) is 0 Å². The number of aromatic nitrogens is 1. The second kappa shape index (κ2) is 8.99. The summed E-state index contributed by atoms with van der Waals surface area (Å²) in [5, 5.41) is 4.65. The number of halogens is 1. The van der Waals surface area contributed by atoms with Crippen molar-refractivity contribution in [2.45, 2.75) is 32.4 Å². The Morgan fingerprint density at radius 1 is 1.00 bits per heavy atom. The highest BCUT2D eigenvalue weighted by Crippen LogP contribution is 2.43. The van der Waals surface area contributed by atoms with Crippen molar-refractivity contribution in [2.24, 2.45) is 5.92 Å². The van der Waals surface area contributed by atoms with Crippen LogP contribution in [0.25, 0.3) is 10.9 Å². The number of carbonyl (C=O) groups excluding carboxylic acids is 2. The number of hydrogen-bond donors (Lipinski definition) is 2. The number of amides is 2. The van der Waals surface area contributed by atoms with Gasteiger partial charge in [-0.05, 0) is 54.3 Å². The third-order valence-corrected chi connectivity index (χ3v) is 6.61. The SMILES string of the molecule is CC(C)CC(C(=O)Nc1ccc(Cl)cc1)N1C(=O)c2ccccc2C1c1c[nH]c2ccccc12. The minimum absolute atomic E-state index is 0.122. The molecule has 0 saturated carbocycles. The van der Waals surface area contributed by atoms with Gasteiger partial charge in [-0.25, -0.2) is 0 Å². The molecule has 2 N–H and O–H groups in total. The molecule has 0 saturated heterocycles. The molecule has 34 heavy (non-hydrogen) atoms. The molecule has 6 heteroatoms. The topological polar surface area (TPSA) is 65.2 Å². The van der Waals surface area contributed by atoms with E-state index in [2.05, 4.69) is 30.2 Å². The summed E-state index contributed by atoms with van der Waals surface area (Å²) in [6, 6.07) is 21.7. The smallest absolute Gasteiger partial charge is 0.255 e. The van der Waals surface area contributed by atoms with Crippen LogP contribution in [-0.4, -0.2) is 27.7 Å². The monoisotopic (exact) mass is 471 g/mol. The maximum Gasteiger partial charge on any atom is 0.255 e. The fraction of sp³-hybridized carbons (Fsp3) is 0.214. The van der Waals surface area contributed by atoms with Gasteiger partial charge in [0.05, 0.1) is 6.04 Å². The van der Waals surface area contributed by atoms with E-state index in [1.54, 1.807) is 29.2 Å². The highest BCUT2D eigenvalue weighted by molar-refractivity contribution is 6.30. The average molecular weight is 472 g/mol. The molecule has 1 aliphatic rings. The van der Waals surface area contributed by atoms with E-state index in [-0.39, 0.29) is 23.8 Å². The minimum atomic E-state index is -0.644. The number of carbonyl (C=O) groups is 2. The molecule has 172 valence electrons. The number of anilines is 1. The van der Waals surface area contributed by atoms with Gasteiger partial charge in [-0.2, -0.15) is 0 Å². The molecular weight excluding hydrogens is 446 g/mol. The van der Waals surface area contributed by atoms with Crippen LogP contribution < -0.4 is 5.32 Å². The molecule has 2 unspecified atom stereocenters. The number of para-hydroxylation sites is 1. The summed E-state index contributed by atoms with van der Waals surface area (Å²) in [4.78, 5) is 32.5. The van der Waals surface area contributed by atoms with E-state index in [0.29, 0.717) is 22.7 Å². The number of benzene rings is 3. The van der Waals surface area contributed by atoms with Gasteiger partial charge in [0, 0.05) is 38.9 Å². The van der Waals surface area contributed by atoms with Crippen molar-refractivity contribution in [3.05, 3.63) is 101 Å². The van der Waals surface area contributed by atoms with Crippen LogP contribution in [0.1, 0.15) is 47.8 Å². The fourth-order valence-corrected chi connectivity index (χ4v) is 4.97. The van der Waals surface area contributed by atoms with E-state index in [9.17, 15) is 9.59 Å². The number of nitrogens with one attached hydrogen (secondary N) is 2. The normalized spacial score (nSPS) is 16.2. The molecular formula is C28H26ClN3O2. The molecule has 1 aromatic heterocycles. The molecule has 0 radical (unpaired) electrons. The van der Waals surface area contributed by atoms with Crippen LogP contribution in [-0.2, 0) is 4.79 Å². The summed E-state index contributed by atoms with van der Waals surface area (Å²) in [6.07, 6.45) is 2.50. The van der Waals surface area contributed by atoms with Crippen LogP contribution in [0.15, 0.2) is 79.0 Å². The minimum Gasteiger partial charge on any atom is -0.361 e. The predicted octanol–water partition coefficient (Wildman–Crippen LogP) is 6.42. The summed E-state index contributed by atoms with van der Waals surface area (Å²) < 4.78 is 0. The number of nitrogens with zero attached hydrogens (tertiary/aromatic N) is 1. The molecule has 3 aromatic carbocycles. The first kappa shape index (κ1) is 22.2. The largest absolute Gasteiger partial charge is 0.361 e. The lowest BCUT2D eigenvalue weighted by atomic mass is 9.95. The van der Waals surface area contributed by atoms with Crippen molar-refractivity contribution in [1.29, 1.82) is 0 Å². The summed E-state index contributed by atoms with van der Waals surface area (Å²) >= 11 is 6.01. The van der Waals surface area contributed by atoms with Crippen LogP contribution in [0.5, 0.6) is 0 Å². The van der Waals surface area contributed by atoms with E-state index in [0.717, 1.165) is 22.0 Å². The second-order valence-corrected chi connectivity index (χ2v) is 9.57. The molecule has 5 nitrogen and oxygen atoms in total. The van der Waals surface area contributed by atoms with Crippen LogP contribution in [0.4, 0.5) is 5.69 Å². The van der Waals surface area contributed by atoms with Gasteiger partial charge in [-0.3, -0.25) is 9.59 Å². The van der Waals surface area contributed by atoms with Crippen molar-refractivity contribution < 1.29 is 9.59 Å². The third kappa shape index (κ3) is 3.97. The Labute approximate surface area is 203 Å².